The van der Waals surface area contributed by atoms with Gasteiger partial charge in [-0.1, -0.05) is 54.2 Å². The Balaban J connectivity index is 1.34. The van der Waals surface area contributed by atoms with Gasteiger partial charge in [0, 0.05) is 18.0 Å². The summed E-state index contributed by atoms with van der Waals surface area (Å²) >= 11 is 2.96. The number of hydrogen-bond donors (Lipinski definition) is 1. The number of thioether (sulfide) groups is 1. The van der Waals surface area contributed by atoms with Crippen LogP contribution >= 0.6 is 23.1 Å². The Bertz CT molecular complexity index is 1410. The molecule has 1 aliphatic rings. The summed E-state index contributed by atoms with van der Waals surface area (Å²) in [5, 5.41) is 4.34. The van der Waals surface area contributed by atoms with Gasteiger partial charge in [0.05, 0.1) is 18.2 Å². The fourth-order valence-corrected chi connectivity index (χ4v) is 6.57. The van der Waals surface area contributed by atoms with Crippen molar-refractivity contribution in [2.24, 2.45) is 0 Å². The number of fused-ring (bicyclic) bond motifs is 3. The van der Waals surface area contributed by atoms with Gasteiger partial charge in [-0.05, 0) is 54.5 Å². The predicted octanol–water partition coefficient (Wildman–Crippen LogP) is 4.61. The third kappa shape index (κ3) is 5.28. The van der Waals surface area contributed by atoms with Gasteiger partial charge in [-0.15, -0.1) is 11.3 Å². The van der Waals surface area contributed by atoms with Gasteiger partial charge in [-0.2, -0.15) is 0 Å². The Kier molecular flexibility index (Phi) is 7.20. The fraction of sp³-hybridized carbons (Fsp3) is 0.296. The van der Waals surface area contributed by atoms with Crippen molar-refractivity contribution in [2.45, 2.75) is 43.9 Å². The largest absolute Gasteiger partial charge is 0.497 e. The minimum Gasteiger partial charge on any atom is -0.497 e. The highest BCUT2D eigenvalue weighted by Gasteiger charge is 2.23. The number of methoxy groups -OCH3 is 1. The van der Waals surface area contributed by atoms with Crippen LogP contribution in [-0.2, 0) is 37.1 Å². The van der Waals surface area contributed by atoms with Crippen LogP contribution in [-0.4, -0.2) is 28.3 Å². The van der Waals surface area contributed by atoms with E-state index in [0.717, 1.165) is 47.2 Å². The molecular formula is C27H27N3O3S2. The number of aryl methyl sites for hydroxylation is 3. The highest BCUT2D eigenvalue weighted by atomic mass is 32.2. The summed E-state index contributed by atoms with van der Waals surface area (Å²) in [6.07, 6.45) is 3.81. The summed E-state index contributed by atoms with van der Waals surface area (Å²) in [4.78, 5) is 33.2. The Hall–Kier alpha value is -3.10. The summed E-state index contributed by atoms with van der Waals surface area (Å²) in [5.41, 5.74) is 3.34. The first-order valence-electron chi connectivity index (χ1n) is 11.7. The van der Waals surface area contributed by atoms with E-state index in [9.17, 15) is 9.59 Å². The second kappa shape index (κ2) is 10.7. The number of aromatic nitrogens is 2. The van der Waals surface area contributed by atoms with Crippen LogP contribution in [0.15, 0.2) is 64.5 Å². The number of benzene rings is 2. The number of nitrogens with zero attached hydrogens (tertiary/aromatic N) is 2. The molecule has 1 N–H and O–H groups in total. The lowest BCUT2D eigenvalue weighted by atomic mass is 10.1. The Morgan fingerprint density at radius 1 is 1.14 bits per heavy atom. The molecule has 5 rings (SSSR count). The third-order valence-electron chi connectivity index (χ3n) is 6.21. The molecule has 2 aromatic carbocycles. The average Bonchev–Trinajstić information content (AvgIpc) is 3.47. The predicted molar refractivity (Wildman–Crippen MR) is 142 cm³/mol. The summed E-state index contributed by atoms with van der Waals surface area (Å²) in [6, 6.07) is 17.8. The van der Waals surface area contributed by atoms with Crippen LogP contribution in [0.5, 0.6) is 5.75 Å². The van der Waals surface area contributed by atoms with Crippen molar-refractivity contribution < 1.29 is 9.53 Å². The van der Waals surface area contributed by atoms with E-state index in [1.807, 2.05) is 42.5 Å². The molecule has 4 aromatic rings. The third-order valence-corrected chi connectivity index (χ3v) is 8.38. The van der Waals surface area contributed by atoms with Gasteiger partial charge in [0.2, 0.25) is 5.91 Å². The van der Waals surface area contributed by atoms with Crippen LogP contribution in [0.3, 0.4) is 0 Å². The van der Waals surface area contributed by atoms with Crippen molar-refractivity contribution in [3.05, 3.63) is 86.5 Å². The molecule has 0 fully saturated rings. The smallest absolute Gasteiger partial charge is 0.263 e. The number of rotatable bonds is 9. The van der Waals surface area contributed by atoms with Gasteiger partial charge in [0.15, 0.2) is 5.16 Å². The quantitative estimate of drug-likeness (QED) is 0.266. The average molecular weight is 506 g/mol. The molecule has 180 valence electrons. The molecule has 2 aromatic heterocycles. The maximum Gasteiger partial charge on any atom is 0.263 e. The molecule has 6 nitrogen and oxygen atoms in total. The summed E-state index contributed by atoms with van der Waals surface area (Å²) < 4.78 is 7.01. The second-order valence-corrected chi connectivity index (χ2v) is 10.6. The van der Waals surface area contributed by atoms with Crippen LogP contribution in [0.25, 0.3) is 10.2 Å². The maximum absolute atomic E-state index is 13.6. The Morgan fingerprint density at radius 3 is 2.80 bits per heavy atom. The number of hydrogen-bond acceptors (Lipinski definition) is 6. The summed E-state index contributed by atoms with van der Waals surface area (Å²) in [5.74, 6) is 0.850. The van der Waals surface area contributed by atoms with E-state index < -0.39 is 0 Å². The molecule has 1 aliphatic carbocycles. The zero-order valence-corrected chi connectivity index (χ0v) is 21.2. The number of thiophene rings is 1. The van der Waals surface area contributed by atoms with Gasteiger partial charge in [0.1, 0.15) is 10.6 Å². The standard InChI is InChI=1S/C27H27N3O3S2/c1-33-20-10-5-9-19(15-20)16-28-23(31)17-34-27-29-25-24(21-11-6-12-22(21)35-25)26(32)30(27)14-13-18-7-3-2-4-8-18/h2-5,7-10,15H,6,11-14,16-17H2,1H3,(H,28,31). The molecule has 0 atom stereocenters. The molecule has 0 spiro atoms. The van der Waals surface area contributed by atoms with Crippen LogP contribution < -0.4 is 15.6 Å². The molecule has 1 amide bonds. The lowest BCUT2D eigenvalue weighted by Crippen LogP contribution is -2.27. The van der Waals surface area contributed by atoms with Crippen LogP contribution in [0.2, 0.25) is 0 Å². The SMILES string of the molecule is COc1cccc(CNC(=O)CSc2nc3sc4c(c3c(=O)n2CCc2ccccc2)CCC4)c1. The molecular weight excluding hydrogens is 478 g/mol. The number of amides is 1. The minimum atomic E-state index is -0.101. The van der Waals surface area contributed by atoms with Gasteiger partial charge < -0.3 is 10.1 Å². The van der Waals surface area contributed by atoms with E-state index >= 15 is 0 Å². The first kappa shape index (κ1) is 23.6. The first-order chi connectivity index (χ1) is 17.1. The molecule has 8 heteroatoms. The van der Waals surface area contributed by atoms with Gasteiger partial charge >= 0.3 is 0 Å². The van der Waals surface area contributed by atoms with Crippen LogP contribution in [0.1, 0.15) is 28.0 Å². The molecule has 0 aliphatic heterocycles. The lowest BCUT2D eigenvalue weighted by Gasteiger charge is -2.13. The lowest BCUT2D eigenvalue weighted by molar-refractivity contribution is -0.118. The van der Waals surface area contributed by atoms with E-state index in [2.05, 4.69) is 17.4 Å². The van der Waals surface area contributed by atoms with Crippen molar-refractivity contribution in [1.82, 2.24) is 14.9 Å². The second-order valence-electron chi connectivity index (χ2n) is 8.54. The summed E-state index contributed by atoms with van der Waals surface area (Å²) in [6.45, 7) is 0.950. The zero-order chi connectivity index (χ0) is 24.2. The van der Waals surface area contributed by atoms with E-state index in [4.69, 9.17) is 9.72 Å². The van der Waals surface area contributed by atoms with Crippen molar-refractivity contribution in [3.63, 3.8) is 0 Å². The molecule has 2 heterocycles. The maximum atomic E-state index is 13.6. The Labute approximate surface area is 212 Å². The minimum absolute atomic E-state index is 0.0182. The molecule has 0 saturated heterocycles. The molecule has 0 radical (unpaired) electrons. The highest BCUT2D eigenvalue weighted by Crippen LogP contribution is 2.35. The van der Waals surface area contributed by atoms with Crippen molar-refractivity contribution in [2.75, 3.05) is 12.9 Å². The van der Waals surface area contributed by atoms with Crippen molar-refractivity contribution in [3.8, 4) is 5.75 Å². The van der Waals surface area contributed by atoms with E-state index in [1.165, 1.54) is 27.8 Å². The molecule has 0 saturated carbocycles. The highest BCUT2D eigenvalue weighted by molar-refractivity contribution is 7.99. The fourth-order valence-electron chi connectivity index (χ4n) is 4.42. The van der Waals surface area contributed by atoms with Crippen molar-refractivity contribution in [1.29, 1.82) is 0 Å². The van der Waals surface area contributed by atoms with Crippen LogP contribution in [0.4, 0.5) is 0 Å². The van der Waals surface area contributed by atoms with Gasteiger partial charge in [0.25, 0.3) is 5.56 Å². The topological polar surface area (TPSA) is 73.2 Å². The zero-order valence-electron chi connectivity index (χ0n) is 19.6. The van der Waals surface area contributed by atoms with E-state index in [0.29, 0.717) is 18.2 Å². The molecule has 35 heavy (non-hydrogen) atoms. The number of carbonyl (C=O) groups is 1. The van der Waals surface area contributed by atoms with Gasteiger partial charge in [-0.25, -0.2) is 4.98 Å². The number of ether oxygens (including phenoxy) is 1. The van der Waals surface area contributed by atoms with E-state index in [-0.39, 0.29) is 17.2 Å². The molecule has 0 bridgehead atoms. The van der Waals surface area contributed by atoms with E-state index in [1.54, 1.807) is 23.0 Å². The van der Waals surface area contributed by atoms with Crippen molar-refractivity contribution >= 4 is 39.2 Å². The first-order valence-corrected chi connectivity index (χ1v) is 13.5. The monoisotopic (exact) mass is 505 g/mol. The normalized spacial score (nSPS) is 12.6. The van der Waals surface area contributed by atoms with Gasteiger partial charge in [-0.3, -0.25) is 14.2 Å². The summed E-state index contributed by atoms with van der Waals surface area (Å²) in [7, 11) is 1.62. The number of nitrogens with one attached hydrogen (secondary N) is 1. The Morgan fingerprint density at radius 2 is 1.97 bits per heavy atom. The number of carbonyl (C=O) groups excluding carboxylic acids is 1. The van der Waals surface area contributed by atoms with Crippen LogP contribution in [0, 0.1) is 0 Å². The molecule has 0 unspecified atom stereocenters.